The second-order valence-corrected chi connectivity index (χ2v) is 9.61. The van der Waals surface area contributed by atoms with Crippen molar-refractivity contribution in [3.8, 4) is 0 Å². The second-order valence-electron chi connectivity index (χ2n) is 7.87. The summed E-state index contributed by atoms with van der Waals surface area (Å²) in [5.41, 5.74) is 3.93. The molecule has 1 unspecified atom stereocenters. The normalized spacial score (nSPS) is 15.8. The fraction of sp³-hybridized carbons (Fsp3) is 0.292. The highest BCUT2D eigenvalue weighted by Gasteiger charge is 2.26. The standard InChI is InChI=1S/C24H25FN4O2S2/c25-18-6-3-7-19(11-18)28-24(31)26-12-17-5-4-10-29(13-17)23(30)21-8-1-2-9-22(21)33-15-20-14-32-16-27-20/h1-3,6-9,11,14,16-17H,4-5,10,12-13,15H2,(H2,26,28,31). The van der Waals surface area contributed by atoms with Gasteiger partial charge in [0, 0.05) is 41.4 Å². The van der Waals surface area contributed by atoms with Gasteiger partial charge >= 0.3 is 6.03 Å². The Kier molecular flexibility index (Phi) is 7.96. The Morgan fingerprint density at radius 1 is 1.21 bits per heavy atom. The molecule has 0 aliphatic carbocycles. The topological polar surface area (TPSA) is 74.3 Å². The number of carbonyl (C=O) groups excluding carboxylic acids is 2. The van der Waals surface area contributed by atoms with Gasteiger partial charge in [0.25, 0.3) is 5.91 Å². The van der Waals surface area contributed by atoms with Crippen LogP contribution in [0.1, 0.15) is 28.9 Å². The molecule has 1 aliphatic heterocycles. The van der Waals surface area contributed by atoms with E-state index in [0.29, 0.717) is 30.9 Å². The molecule has 2 N–H and O–H groups in total. The van der Waals surface area contributed by atoms with Crippen LogP contribution in [0, 0.1) is 11.7 Å². The van der Waals surface area contributed by atoms with Crippen molar-refractivity contribution in [2.24, 2.45) is 5.92 Å². The van der Waals surface area contributed by atoms with Gasteiger partial charge in [-0.15, -0.1) is 23.1 Å². The number of aromatic nitrogens is 1. The summed E-state index contributed by atoms with van der Waals surface area (Å²) < 4.78 is 13.3. The van der Waals surface area contributed by atoms with Crippen molar-refractivity contribution in [2.45, 2.75) is 23.5 Å². The van der Waals surface area contributed by atoms with Crippen LogP contribution in [0.3, 0.4) is 0 Å². The second kappa shape index (κ2) is 11.3. The number of piperidine rings is 1. The molecular weight excluding hydrogens is 459 g/mol. The van der Waals surface area contributed by atoms with E-state index in [1.807, 2.05) is 40.1 Å². The molecule has 3 aromatic rings. The van der Waals surface area contributed by atoms with E-state index in [-0.39, 0.29) is 17.9 Å². The van der Waals surface area contributed by atoms with Crippen LogP contribution in [-0.2, 0) is 5.75 Å². The van der Waals surface area contributed by atoms with E-state index in [1.165, 1.54) is 12.1 Å². The molecule has 3 amide bonds. The average molecular weight is 485 g/mol. The molecule has 9 heteroatoms. The highest BCUT2D eigenvalue weighted by molar-refractivity contribution is 7.98. The molecule has 1 aliphatic rings. The third-order valence-corrected chi connectivity index (χ3v) is 7.16. The molecule has 0 spiro atoms. The van der Waals surface area contributed by atoms with E-state index in [0.717, 1.165) is 29.2 Å². The zero-order chi connectivity index (χ0) is 23.0. The van der Waals surface area contributed by atoms with Gasteiger partial charge in [-0.2, -0.15) is 0 Å². The van der Waals surface area contributed by atoms with Gasteiger partial charge in [-0.1, -0.05) is 18.2 Å². The Hall–Kier alpha value is -2.91. The number of halogens is 1. The van der Waals surface area contributed by atoms with Crippen molar-refractivity contribution in [3.63, 3.8) is 0 Å². The number of thiazole rings is 1. The zero-order valence-corrected chi connectivity index (χ0v) is 19.6. The number of urea groups is 1. The van der Waals surface area contributed by atoms with Crippen LogP contribution >= 0.6 is 23.1 Å². The van der Waals surface area contributed by atoms with E-state index in [2.05, 4.69) is 15.6 Å². The lowest BCUT2D eigenvalue weighted by molar-refractivity contribution is 0.0671. The van der Waals surface area contributed by atoms with Gasteiger partial charge in [-0.3, -0.25) is 4.79 Å². The molecule has 1 fully saturated rings. The quantitative estimate of drug-likeness (QED) is 0.449. The van der Waals surface area contributed by atoms with Crippen LogP contribution in [0.2, 0.25) is 0 Å². The summed E-state index contributed by atoms with van der Waals surface area (Å²) >= 11 is 3.18. The van der Waals surface area contributed by atoms with Gasteiger partial charge in [-0.05, 0) is 49.1 Å². The zero-order valence-electron chi connectivity index (χ0n) is 18.0. The smallest absolute Gasteiger partial charge is 0.319 e. The number of thioether (sulfide) groups is 1. The summed E-state index contributed by atoms with van der Waals surface area (Å²) in [5, 5.41) is 7.50. The van der Waals surface area contributed by atoms with Crippen molar-refractivity contribution < 1.29 is 14.0 Å². The maximum Gasteiger partial charge on any atom is 0.319 e. The first-order chi connectivity index (χ1) is 16.1. The van der Waals surface area contributed by atoms with E-state index in [1.54, 1.807) is 35.2 Å². The Labute approximate surface area is 200 Å². The van der Waals surface area contributed by atoms with Gasteiger partial charge in [0.05, 0.1) is 16.8 Å². The third-order valence-electron chi connectivity index (χ3n) is 5.42. The number of amides is 3. The maximum atomic E-state index is 13.3. The lowest BCUT2D eigenvalue weighted by atomic mass is 9.97. The molecule has 1 saturated heterocycles. The van der Waals surface area contributed by atoms with E-state index >= 15 is 0 Å². The molecule has 33 heavy (non-hydrogen) atoms. The van der Waals surface area contributed by atoms with Gasteiger partial charge in [0.2, 0.25) is 0 Å². The van der Waals surface area contributed by atoms with Crippen LogP contribution in [0.25, 0.3) is 0 Å². The Morgan fingerprint density at radius 2 is 2.09 bits per heavy atom. The van der Waals surface area contributed by atoms with Gasteiger partial charge < -0.3 is 15.5 Å². The minimum atomic E-state index is -0.403. The summed E-state index contributed by atoms with van der Waals surface area (Å²) in [6, 6.07) is 13.1. The lowest BCUT2D eigenvalue weighted by Gasteiger charge is -2.33. The SMILES string of the molecule is O=C(NCC1CCCN(C(=O)c2ccccc2SCc2cscn2)C1)Nc1cccc(F)c1. The molecule has 6 nitrogen and oxygen atoms in total. The molecule has 1 aromatic heterocycles. The molecule has 172 valence electrons. The maximum absolute atomic E-state index is 13.3. The summed E-state index contributed by atoms with van der Waals surface area (Å²) in [6.07, 6.45) is 1.82. The van der Waals surface area contributed by atoms with Crippen molar-refractivity contribution in [2.75, 3.05) is 25.0 Å². The number of anilines is 1. The van der Waals surface area contributed by atoms with Crippen LogP contribution in [-0.4, -0.2) is 41.5 Å². The summed E-state index contributed by atoms with van der Waals surface area (Å²) in [5.74, 6) is 0.501. The fourth-order valence-electron chi connectivity index (χ4n) is 3.79. The molecular formula is C24H25FN4O2S2. The third kappa shape index (κ3) is 6.55. The van der Waals surface area contributed by atoms with Crippen molar-refractivity contribution in [1.29, 1.82) is 0 Å². The highest BCUT2D eigenvalue weighted by Crippen LogP contribution is 2.28. The molecule has 0 bridgehead atoms. The first-order valence-corrected chi connectivity index (χ1v) is 12.7. The van der Waals surface area contributed by atoms with Crippen LogP contribution in [0.15, 0.2) is 64.3 Å². The van der Waals surface area contributed by atoms with Crippen molar-refractivity contribution in [1.82, 2.24) is 15.2 Å². The van der Waals surface area contributed by atoms with Crippen molar-refractivity contribution in [3.05, 3.63) is 76.5 Å². The van der Waals surface area contributed by atoms with E-state index in [9.17, 15) is 14.0 Å². The number of nitrogens with one attached hydrogen (secondary N) is 2. The van der Waals surface area contributed by atoms with Crippen LogP contribution in [0.4, 0.5) is 14.9 Å². The average Bonchev–Trinajstić information content (AvgIpc) is 3.35. The minimum Gasteiger partial charge on any atom is -0.338 e. The predicted octanol–water partition coefficient (Wildman–Crippen LogP) is 5.25. The highest BCUT2D eigenvalue weighted by atomic mass is 32.2. The summed E-state index contributed by atoms with van der Waals surface area (Å²) in [7, 11) is 0. The lowest BCUT2D eigenvalue weighted by Crippen LogP contribution is -2.44. The van der Waals surface area contributed by atoms with E-state index < -0.39 is 5.82 Å². The molecule has 1 atom stereocenters. The Bertz CT molecular complexity index is 1090. The summed E-state index contributed by atoms with van der Waals surface area (Å²) in [6.45, 7) is 1.74. The number of nitrogens with zero attached hydrogens (tertiary/aromatic N) is 2. The minimum absolute atomic E-state index is 0.0188. The predicted molar refractivity (Wildman–Crippen MR) is 130 cm³/mol. The number of rotatable bonds is 7. The Balaban J connectivity index is 1.31. The van der Waals surface area contributed by atoms with Gasteiger partial charge in [-0.25, -0.2) is 14.2 Å². The first kappa shape index (κ1) is 23.3. The van der Waals surface area contributed by atoms with Crippen molar-refractivity contribution >= 4 is 40.7 Å². The number of carbonyl (C=O) groups is 2. The number of likely N-dealkylation sites (tertiary alicyclic amines) is 1. The largest absolute Gasteiger partial charge is 0.338 e. The molecule has 0 saturated carbocycles. The summed E-state index contributed by atoms with van der Waals surface area (Å²) in [4.78, 5) is 32.6. The first-order valence-electron chi connectivity index (χ1n) is 10.8. The molecule has 4 rings (SSSR count). The van der Waals surface area contributed by atoms with Gasteiger partial charge in [0.15, 0.2) is 0 Å². The molecule has 0 radical (unpaired) electrons. The molecule has 2 heterocycles. The van der Waals surface area contributed by atoms with Crippen LogP contribution in [0.5, 0.6) is 0 Å². The van der Waals surface area contributed by atoms with E-state index in [4.69, 9.17) is 0 Å². The van der Waals surface area contributed by atoms with Crippen LogP contribution < -0.4 is 10.6 Å². The van der Waals surface area contributed by atoms with Gasteiger partial charge in [0.1, 0.15) is 5.82 Å². The fourth-order valence-corrected chi connectivity index (χ4v) is 5.41. The monoisotopic (exact) mass is 484 g/mol. The molecule has 2 aromatic carbocycles. The number of hydrogen-bond acceptors (Lipinski definition) is 5. The Morgan fingerprint density at radius 3 is 2.91 bits per heavy atom. The number of benzene rings is 2. The number of hydrogen-bond donors (Lipinski definition) is 2.